The smallest absolute Gasteiger partial charge is 0.265 e. The summed E-state index contributed by atoms with van der Waals surface area (Å²) < 4.78 is 33.1. The molecule has 0 amide bonds. The number of nitrogens with zero attached hydrogens (tertiary/aromatic N) is 1. The Kier molecular flexibility index (Phi) is 5.26. The Bertz CT molecular complexity index is 996. The van der Waals surface area contributed by atoms with E-state index in [-0.39, 0.29) is 5.75 Å². The largest absolute Gasteiger partial charge is 0.286 e. The van der Waals surface area contributed by atoms with Gasteiger partial charge in [0.15, 0.2) is 6.54 Å². The predicted octanol–water partition coefficient (Wildman–Crippen LogP) is 3.58. The van der Waals surface area contributed by atoms with Crippen LogP contribution in [0.1, 0.15) is 17.7 Å². The molecule has 1 aromatic heterocycles. The Labute approximate surface area is 147 Å². The summed E-state index contributed by atoms with van der Waals surface area (Å²) in [6, 6.07) is 22.1. The van der Waals surface area contributed by atoms with Gasteiger partial charge >= 0.3 is 0 Å². The molecule has 3 rings (SSSR count). The molecule has 2 aromatic carbocycles. The number of benzene rings is 2. The molecular weight excluding hydrogens is 334 g/mol. The van der Waals surface area contributed by atoms with Crippen LogP contribution in [-0.2, 0) is 16.7 Å². The van der Waals surface area contributed by atoms with Crippen LogP contribution < -0.4 is 4.57 Å². The molecule has 0 atom stereocenters. The number of hydrogen-bond donors (Lipinski definition) is 1. The van der Waals surface area contributed by atoms with E-state index in [9.17, 15) is 8.42 Å². The second-order valence-corrected chi connectivity index (χ2v) is 7.42. The SMILES string of the molecule is O=S(=O)(O)CCC[n+]1c(/C=C\c2ccccc2)ccc2ccccc21. The van der Waals surface area contributed by atoms with Gasteiger partial charge in [0.05, 0.1) is 5.75 Å². The zero-order chi connectivity index (χ0) is 17.7. The number of fused-ring (bicyclic) bond motifs is 1. The first-order valence-corrected chi connectivity index (χ1v) is 9.74. The number of para-hydroxylation sites is 1. The molecular formula is C20H20NO3S+. The Hall–Kier alpha value is -2.50. The fourth-order valence-electron chi connectivity index (χ4n) is 2.82. The topological polar surface area (TPSA) is 58.3 Å². The molecule has 0 aliphatic heterocycles. The summed E-state index contributed by atoms with van der Waals surface area (Å²) in [5.41, 5.74) is 3.12. The minimum Gasteiger partial charge on any atom is -0.286 e. The quantitative estimate of drug-likeness (QED) is 0.544. The summed E-state index contributed by atoms with van der Waals surface area (Å²) in [4.78, 5) is 0. The third-order valence-corrected chi connectivity index (χ3v) is 4.81. The van der Waals surface area contributed by atoms with Crippen LogP contribution in [0, 0.1) is 0 Å². The van der Waals surface area contributed by atoms with Crippen LogP contribution in [0.25, 0.3) is 23.1 Å². The average Bonchev–Trinajstić information content (AvgIpc) is 2.60. The first kappa shape index (κ1) is 17.3. The number of aromatic nitrogens is 1. The van der Waals surface area contributed by atoms with Gasteiger partial charge in [0.25, 0.3) is 10.1 Å². The molecule has 0 saturated carbocycles. The second-order valence-electron chi connectivity index (χ2n) is 5.85. The maximum Gasteiger partial charge on any atom is 0.265 e. The second kappa shape index (κ2) is 7.59. The third kappa shape index (κ3) is 4.75. The van der Waals surface area contributed by atoms with Crippen molar-refractivity contribution in [2.75, 3.05) is 5.75 Å². The molecule has 0 aliphatic rings. The van der Waals surface area contributed by atoms with Gasteiger partial charge < -0.3 is 0 Å². The van der Waals surface area contributed by atoms with E-state index < -0.39 is 10.1 Å². The van der Waals surface area contributed by atoms with Crippen molar-refractivity contribution in [1.82, 2.24) is 0 Å². The Morgan fingerprint density at radius 1 is 0.880 bits per heavy atom. The molecule has 0 bridgehead atoms. The zero-order valence-electron chi connectivity index (χ0n) is 13.7. The lowest BCUT2D eigenvalue weighted by atomic mass is 10.1. The molecule has 0 unspecified atom stereocenters. The maximum atomic E-state index is 11.0. The molecule has 4 nitrogen and oxygen atoms in total. The van der Waals surface area contributed by atoms with E-state index in [1.165, 1.54) is 0 Å². The minimum absolute atomic E-state index is 0.245. The molecule has 1 N–H and O–H groups in total. The highest BCUT2D eigenvalue weighted by atomic mass is 32.2. The van der Waals surface area contributed by atoms with Crippen LogP contribution >= 0.6 is 0 Å². The van der Waals surface area contributed by atoms with Crippen LogP contribution in [0.15, 0.2) is 66.7 Å². The van der Waals surface area contributed by atoms with Crippen molar-refractivity contribution < 1.29 is 17.5 Å². The Morgan fingerprint density at radius 3 is 2.36 bits per heavy atom. The van der Waals surface area contributed by atoms with Gasteiger partial charge in [-0.1, -0.05) is 42.5 Å². The first-order valence-electron chi connectivity index (χ1n) is 8.13. The molecule has 0 fully saturated rings. The number of hydrogen-bond acceptors (Lipinski definition) is 2. The lowest BCUT2D eigenvalue weighted by Crippen LogP contribution is -2.38. The number of aryl methyl sites for hydroxylation is 1. The van der Waals surface area contributed by atoms with Crippen molar-refractivity contribution in [3.8, 4) is 0 Å². The molecule has 3 aromatic rings. The average molecular weight is 354 g/mol. The standard InChI is InChI=1S/C20H19NO3S/c22-25(23,24)16-6-15-21-19(13-11-17-7-2-1-3-8-17)14-12-18-9-4-5-10-20(18)21/h1-5,7-14H,6,15-16H2/p+1/b13-11-. The summed E-state index contributed by atoms with van der Waals surface area (Å²) in [7, 11) is -3.95. The normalized spacial score (nSPS) is 12.0. The van der Waals surface area contributed by atoms with E-state index in [1.807, 2.05) is 72.8 Å². The van der Waals surface area contributed by atoms with Crippen molar-refractivity contribution in [3.63, 3.8) is 0 Å². The highest BCUT2D eigenvalue weighted by Crippen LogP contribution is 2.13. The van der Waals surface area contributed by atoms with Crippen LogP contribution in [0.4, 0.5) is 0 Å². The van der Waals surface area contributed by atoms with Crippen LogP contribution in [0.3, 0.4) is 0 Å². The molecule has 0 aliphatic carbocycles. The molecule has 0 saturated heterocycles. The zero-order valence-corrected chi connectivity index (χ0v) is 14.6. The van der Waals surface area contributed by atoms with E-state index in [2.05, 4.69) is 10.6 Å². The van der Waals surface area contributed by atoms with Crippen molar-refractivity contribution in [1.29, 1.82) is 0 Å². The van der Waals surface area contributed by atoms with Crippen molar-refractivity contribution in [2.24, 2.45) is 0 Å². The highest BCUT2D eigenvalue weighted by molar-refractivity contribution is 7.85. The lowest BCUT2D eigenvalue weighted by molar-refractivity contribution is -0.673. The van der Waals surface area contributed by atoms with Gasteiger partial charge in [-0.2, -0.15) is 13.0 Å². The molecule has 1 heterocycles. The summed E-state index contributed by atoms with van der Waals surface area (Å²) in [6.45, 7) is 0.510. The fraction of sp³-hybridized carbons (Fsp3) is 0.150. The molecule has 0 radical (unpaired) electrons. The predicted molar refractivity (Wildman–Crippen MR) is 101 cm³/mol. The van der Waals surface area contributed by atoms with E-state index in [1.54, 1.807) is 0 Å². The molecule has 128 valence electrons. The van der Waals surface area contributed by atoms with Gasteiger partial charge in [-0.05, 0) is 23.8 Å². The van der Waals surface area contributed by atoms with Crippen LogP contribution in [0.5, 0.6) is 0 Å². The molecule has 25 heavy (non-hydrogen) atoms. The molecule has 5 heteroatoms. The van der Waals surface area contributed by atoms with Crippen LogP contribution in [-0.4, -0.2) is 18.7 Å². The van der Waals surface area contributed by atoms with Crippen molar-refractivity contribution in [2.45, 2.75) is 13.0 Å². The van der Waals surface area contributed by atoms with Gasteiger partial charge in [-0.25, -0.2) is 0 Å². The minimum atomic E-state index is -3.95. The molecule has 0 spiro atoms. The van der Waals surface area contributed by atoms with Gasteiger partial charge in [-0.15, -0.1) is 0 Å². The Morgan fingerprint density at radius 2 is 1.60 bits per heavy atom. The summed E-state index contributed by atoms with van der Waals surface area (Å²) >= 11 is 0. The van der Waals surface area contributed by atoms with E-state index in [0.717, 1.165) is 22.2 Å². The van der Waals surface area contributed by atoms with Crippen molar-refractivity contribution >= 4 is 33.2 Å². The van der Waals surface area contributed by atoms with Crippen molar-refractivity contribution in [3.05, 3.63) is 78.0 Å². The highest BCUT2D eigenvalue weighted by Gasteiger charge is 2.15. The maximum absolute atomic E-state index is 11.0. The fourth-order valence-corrected chi connectivity index (χ4v) is 3.32. The van der Waals surface area contributed by atoms with Crippen LogP contribution in [0.2, 0.25) is 0 Å². The van der Waals surface area contributed by atoms with Gasteiger partial charge in [0.1, 0.15) is 0 Å². The van der Waals surface area contributed by atoms with Gasteiger partial charge in [0.2, 0.25) is 11.2 Å². The van der Waals surface area contributed by atoms with E-state index in [0.29, 0.717) is 13.0 Å². The first-order chi connectivity index (χ1) is 12.0. The third-order valence-electron chi connectivity index (χ3n) is 4.00. The van der Waals surface area contributed by atoms with E-state index in [4.69, 9.17) is 4.55 Å². The number of pyridine rings is 1. The monoisotopic (exact) mass is 354 g/mol. The van der Waals surface area contributed by atoms with Gasteiger partial charge in [-0.3, -0.25) is 4.55 Å². The number of rotatable bonds is 6. The van der Waals surface area contributed by atoms with E-state index >= 15 is 0 Å². The summed E-state index contributed by atoms with van der Waals surface area (Å²) in [6.07, 6.45) is 4.41. The summed E-state index contributed by atoms with van der Waals surface area (Å²) in [5.74, 6) is -0.245. The summed E-state index contributed by atoms with van der Waals surface area (Å²) in [5, 5.41) is 1.09. The lowest BCUT2D eigenvalue weighted by Gasteiger charge is -2.05. The van der Waals surface area contributed by atoms with Gasteiger partial charge in [0, 0.05) is 30.0 Å². The Balaban J connectivity index is 1.96.